The van der Waals surface area contributed by atoms with Crippen molar-refractivity contribution in [1.82, 2.24) is 15.5 Å². The topological polar surface area (TPSA) is 83.0 Å². The fraction of sp³-hybridized carbons (Fsp3) is 0.938. The summed E-state index contributed by atoms with van der Waals surface area (Å²) in [5.41, 5.74) is 0. The maximum Gasteiger partial charge on any atom is 0.191 e. The summed E-state index contributed by atoms with van der Waals surface area (Å²) >= 11 is 0. The van der Waals surface area contributed by atoms with E-state index in [0.717, 1.165) is 38.6 Å². The highest BCUT2D eigenvalue weighted by molar-refractivity contribution is 14.0. The van der Waals surface area contributed by atoms with E-state index in [-0.39, 0.29) is 41.6 Å². The highest BCUT2D eigenvalue weighted by Crippen LogP contribution is 2.09. The van der Waals surface area contributed by atoms with Gasteiger partial charge in [0.15, 0.2) is 15.8 Å². The maximum absolute atomic E-state index is 11.4. The van der Waals surface area contributed by atoms with Crippen LogP contribution in [0.15, 0.2) is 4.99 Å². The van der Waals surface area contributed by atoms with E-state index in [1.807, 2.05) is 6.92 Å². The Labute approximate surface area is 170 Å². The predicted octanol–water partition coefficient (Wildman–Crippen LogP) is 0.951. The number of sulfone groups is 1. The minimum Gasteiger partial charge on any atom is -0.378 e. The third kappa shape index (κ3) is 10.6. The summed E-state index contributed by atoms with van der Waals surface area (Å²) in [6.07, 6.45) is 1.20. The second-order valence-electron chi connectivity index (χ2n) is 6.45. The molecule has 0 aromatic carbocycles. The third-order valence-electron chi connectivity index (χ3n) is 4.23. The Morgan fingerprint density at radius 2 is 1.80 bits per heavy atom. The van der Waals surface area contributed by atoms with Gasteiger partial charge < -0.3 is 15.4 Å². The van der Waals surface area contributed by atoms with Crippen molar-refractivity contribution in [3.05, 3.63) is 0 Å². The normalized spacial score (nSPS) is 19.3. The van der Waals surface area contributed by atoms with Crippen LogP contribution < -0.4 is 10.6 Å². The van der Waals surface area contributed by atoms with Gasteiger partial charge >= 0.3 is 0 Å². The number of halogens is 1. The quantitative estimate of drug-likeness (QED) is 0.285. The summed E-state index contributed by atoms with van der Waals surface area (Å²) in [6, 6.07) is 0. The van der Waals surface area contributed by atoms with Crippen molar-refractivity contribution >= 4 is 39.8 Å². The molecule has 1 rings (SSSR count). The van der Waals surface area contributed by atoms with Gasteiger partial charge in [-0.05, 0) is 19.3 Å². The van der Waals surface area contributed by atoms with Crippen LogP contribution in [0.3, 0.4) is 0 Å². The molecule has 2 N–H and O–H groups in total. The molecular formula is C16H35IN4O3S. The Morgan fingerprint density at radius 3 is 2.32 bits per heavy atom. The number of hydrogen-bond acceptors (Lipinski definition) is 5. The van der Waals surface area contributed by atoms with Gasteiger partial charge in [-0.2, -0.15) is 0 Å². The average Bonchev–Trinajstić information content (AvgIpc) is 2.53. The molecule has 1 aliphatic rings. The standard InChI is InChI=1S/C16H34N4O3S.HI/c1-5-23-15(14(2)3)6-7-18-16(17-4)19-8-9-20-10-12-24(21,22)13-11-20;/h14-15H,5-13H2,1-4H3,(H2,17,18,19);1H. The largest absolute Gasteiger partial charge is 0.378 e. The molecular weight excluding hydrogens is 455 g/mol. The smallest absolute Gasteiger partial charge is 0.191 e. The van der Waals surface area contributed by atoms with Crippen molar-refractivity contribution in [1.29, 1.82) is 0 Å². The minimum absolute atomic E-state index is 0. The van der Waals surface area contributed by atoms with Crippen molar-refractivity contribution in [2.24, 2.45) is 10.9 Å². The fourth-order valence-corrected chi connectivity index (χ4v) is 3.96. The van der Waals surface area contributed by atoms with Crippen LogP contribution in [-0.4, -0.2) is 83.3 Å². The molecule has 9 heteroatoms. The van der Waals surface area contributed by atoms with Gasteiger partial charge in [0, 0.05) is 46.4 Å². The lowest BCUT2D eigenvalue weighted by atomic mass is 10.0. The molecule has 1 saturated heterocycles. The summed E-state index contributed by atoms with van der Waals surface area (Å²) in [6.45, 7) is 10.7. The van der Waals surface area contributed by atoms with Gasteiger partial charge in [0.25, 0.3) is 0 Å². The molecule has 25 heavy (non-hydrogen) atoms. The van der Waals surface area contributed by atoms with Crippen molar-refractivity contribution in [3.63, 3.8) is 0 Å². The Bertz CT molecular complexity index is 472. The molecule has 1 aliphatic heterocycles. The molecule has 1 heterocycles. The first-order valence-electron chi connectivity index (χ1n) is 8.87. The number of nitrogens with one attached hydrogen (secondary N) is 2. The van der Waals surface area contributed by atoms with Gasteiger partial charge in [-0.3, -0.25) is 9.89 Å². The molecule has 0 aromatic rings. The number of rotatable bonds is 9. The fourth-order valence-electron chi connectivity index (χ4n) is 2.68. The molecule has 1 atom stereocenters. The molecule has 0 bridgehead atoms. The predicted molar refractivity (Wildman–Crippen MR) is 115 cm³/mol. The van der Waals surface area contributed by atoms with Gasteiger partial charge in [-0.25, -0.2) is 8.42 Å². The lowest BCUT2D eigenvalue weighted by Crippen LogP contribution is -2.46. The monoisotopic (exact) mass is 490 g/mol. The summed E-state index contributed by atoms with van der Waals surface area (Å²) in [5, 5.41) is 6.59. The Hall–Kier alpha value is -0.130. The molecule has 0 radical (unpaired) electrons. The first-order chi connectivity index (χ1) is 11.4. The van der Waals surface area contributed by atoms with E-state index in [2.05, 4.69) is 34.4 Å². The van der Waals surface area contributed by atoms with E-state index in [9.17, 15) is 8.42 Å². The summed E-state index contributed by atoms with van der Waals surface area (Å²) in [5.74, 6) is 1.82. The van der Waals surface area contributed by atoms with E-state index < -0.39 is 9.84 Å². The maximum atomic E-state index is 11.4. The first-order valence-corrected chi connectivity index (χ1v) is 10.7. The van der Waals surface area contributed by atoms with E-state index >= 15 is 0 Å². The van der Waals surface area contributed by atoms with Crippen LogP contribution in [0.1, 0.15) is 27.2 Å². The second-order valence-corrected chi connectivity index (χ2v) is 8.75. The van der Waals surface area contributed by atoms with Gasteiger partial charge in [0.1, 0.15) is 0 Å². The molecule has 150 valence electrons. The Kier molecular flexibility index (Phi) is 13.0. The lowest BCUT2D eigenvalue weighted by molar-refractivity contribution is 0.0258. The zero-order valence-electron chi connectivity index (χ0n) is 16.0. The number of hydrogen-bond donors (Lipinski definition) is 2. The number of guanidine groups is 1. The number of nitrogens with zero attached hydrogens (tertiary/aromatic N) is 2. The van der Waals surface area contributed by atoms with Crippen LogP contribution >= 0.6 is 24.0 Å². The molecule has 0 spiro atoms. The second kappa shape index (κ2) is 13.1. The van der Waals surface area contributed by atoms with Crippen molar-refractivity contribution < 1.29 is 13.2 Å². The highest BCUT2D eigenvalue weighted by atomic mass is 127. The van der Waals surface area contributed by atoms with Crippen LogP contribution in [0.4, 0.5) is 0 Å². The van der Waals surface area contributed by atoms with Crippen LogP contribution in [-0.2, 0) is 14.6 Å². The van der Waals surface area contributed by atoms with Crippen molar-refractivity contribution in [3.8, 4) is 0 Å². The molecule has 0 aromatic heterocycles. The van der Waals surface area contributed by atoms with Gasteiger partial charge in [0.2, 0.25) is 0 Å². The van der Waals surface area contributed by atoms with Crippen LogP contribution in [0, 0.1) is 5.92 Å². The number of ether oxygens (including phenoxy) is 1. The molecule has 0 aliphatic carbocycles. The van der Waals surface area contributed by atoms with Gasteiger partial charge in [-0.1, -0.05) is 13.8 Å². The lowest BCUT2D eigenvalue weighted by Gasteiger charge is -2.26. The van der Waals surface area contributed by atoms with E-state index in [1.54, 1.807) is 7.05 Å². The third-order valence-corrected chi connectivity index (χ3v) is 5.84. The number of aliphatic imine (C=N–C) groups is 1. The average molecular weight is 490 g/mol. The zero-order chi connectivity index (χ0) is 18.0. The van der Waals surface area contributed by atoms with Gasteiger partial charge in [-0.15, -0.1) is 24.0 Å². The first kappa shape index (κ1) is 24.9. The van der Waals surface area contributed by atoms with Crippen LogP contribution in [0.2, 0.25) is 0 Å². The van der Waals surface area contributed by atoms with E-state index in [0.29, 0.717) is 19.0 Å². The zero-order valence-corrected chi connectivity index (χ0v) is 19.1. The molecule has 7 nitrogen and oxygen atoms in total. The summed E-state index contributed by atoms with van der Waals surface area (Å²) in [4.78, 5) is 6.39. The molecule has 1 unspecified atom stereocenters. The summed E-state index contributed by atoms with van der Waals surface area (Å²) in [7, 11) is -1.05. The summed E-state index contributed by atoms with van der Waals surface area (Å²) < 4.78 is 28.6. The van der Waals surface area contributed by atoms with Crippen LogP contribution in [0.5, 0.6) is 0 Å². The minimum atomic E-state index is -2.80. The Morgan fingerprint density at radius 1 is 1.20 bits per heavy atom. The van der Waals surface area contributed by atoms with Crippen molar-refractivity contribution in [2.45, 2.75) is 33.3 Å². The van der Waals surface area contributed by atoms with E-state index in [4.69, 9.17) is 4.74 Å². The highest BCUT2D eigenvalue weighted by Gasteiger charge is 2.21. The Balaban J connectivity index is 0.00000576. The molecule has 0 amide bonds. The van der Waals surface area contributed by atoms with E-state index in [1.165, 1.54) is 0 Å². The molecule has 1 fully saturated rings. The van der Waals surface area contributed by atoms with Crippen LogP contribution in [0.25, 0.3) is 0 Å². The van der Waals surface area contributed by atoms with Crippen molar-refractivity contribution in [2.75, 3.05) is 57.9 Å². The van der Waals surface area contributed by atoms with Gasteiger partial charge in [0.05, 0.1) is 17.6 Å². The SMILES string of the molecule is CCOC(CCNC(=NC)NCCN1CCS(=O)(=O)CC1)C(C)C.I. The molecule has 0 saturated carbocycles.